The second kappa shape index (κ2) is 6.93. The molecule has 3 heterocycles. The van der Waals surface area contributed by atoms with Crippen molar-refractivity contribution in [3.05, 3.63) is 10.6 Å². The molecule has 0 saturated carbocycles. The van der Waals surface area contributed by atoms with Crippen LogP contribution in [-0.4, -0.2) is 71.4 Å². The average molecular weight is 368 g/mol. The summed E-state index contributed by atoms with van der Waals surface area (Å²) in [5, 5.41) is 9.79. The fourth-order valence-corrected chi connectivity index (χ4v) is 6.10. The van der Waals surface area contributed by atoms with Gasteiger partial charge in [-0.25, -0.2) is 4.79 Å². The van der Waals surface area contributed by atoms with Gasteiger partial charge in [-0.3, -0.25) is 9.69 Å². The zero-order valence-electron chi connectivity index (χ0n) is 15.6. The van der Waals surface area contributed by atoms with Gasteiger partial charge in [0, 0.05) is 28.7 Å². The molecule has 3 aliphatic heterocycles. The molecule has 0 aromatic carbocycles. The Balaban J connectivity index is 1.86. The number of likely N-dealkylation sites (tertiary alicyclic amines) is 1. The Morgan fingerprint density at radius 1 is 1.44 bits per heavy atom. The van der Waals surface area contributed by atoms with Crippen LogP contribution in [-0.2, 0) is 14.3 Å². The molecule has 0 aliphatic carbocycles. The smallest absolute Gasteiger partial charge is 0.355 e. The minimum atomic E-state index is -0.419. The molecule has 0 aromatic rings. The Morgan fingerprint density at radius 3 is 2.64 bits per heavy atom. The Hall–Kier alpha value is -1.05. The molecule has 4 unspecified atom stereocenters. The van der Waals surface area contributed by atoms with Crippen LogP contribution in [0, 0.1) is 17.8 Å². The third kappa shape index (κ3) is 2.90. The monoisotopic (exact) mass is 368 g/mol. The van der Waals surface area contributed by atoms with Crippen molar-refractivity contribution in [2.75, 3.05) is 27.3 Å². The van der Waals surface area contributed by atoms with E-state index in [0.717, 1.165) is 17.9 Å². The highest BCUT2D eigenvalue weighted by Crippen LogP contribution is 2.53. The molecule has 0 radical (unpaired) electrons. The Morgan fingerprint density at radius 2 is 2.12 bits per heavy atom. The van der Waals surface area contributed by atoms with E-state index in [1.807, 2.05) is 7.05 Å². The van der Waals surface area contributed by atoms with E-state index < -0.39 is 5.97 Å². The summed E-state index contributed by atoms with van der Waals surface area (Å²) in [6, 6.07) is 0.232. The van der Waals surface area contributed by atoms with Gasteiger partial charge in [-0.2, -0.15) is 0 Å². The molecule has 7 heteroatoms. The fraction of sp³-hybridized carbons (Fsp3) is 0.778. The molecular weight excluding hydrogens is 340 g/mol. The summed E-state index contributed by atoms with van der Waals surface area (Å²) in [7, 11) is 3.38. The molecule has 3 rings (SSSR count). The number of rotatable bonds is 5. The van der Waals surface area contributed by atoms with Gasteiger partial charge in [0.05, 0.1) is 25.7 Å². The standard InChI is InChI=1S/C18H28N2O4S/c1-9(2)13-14-10(3)16(15(18(23)24-5)20(14)17(13)22)25-12-6-11(8-21)19(4)7-12/h9-14,21H,6-8H2,1-5H3/t10-,11?,12?,13?,14?/m1/s1. The SMILES string of the molecule is COC(=O)C1=C(SC2CC(CO)N(C)C2)[C@H](C)C2C(C(C)C)C(=O)N12. The Kier molecular flexibility index (Phi) is 5.19. The number of hydrogen-bond donors (Lipinski definition) is 1. The summed E-state index contributed by atoms with van der Waals surface area (Å²) in [5.41, 5.74) is 0.446. The van der Waals surface area contributed by atoms with Gasteiger partial charge in [0.25, 0.3) is 0 Å². The molecule has 0 aromatic heterocycles. The number of ether oxygens (including phenoxy) is 1. The molecule has 6 nitrogen and oxygen atoms in total. The van der Waals surface area contributed by atoms with Crippen molar-refractivity contribution < 1.29 is 19.4 Å². The maximum Gasteiger partial charge on any atom is 0.355 e. The van der Waals surface area contributed by atoms with E-state index in [1.165, 1.54) is 7.11 Å². The summed E-state index contributed by atoms with van der Waals surface area (Å²) in [6.45, 7) is 7.25. The zero-order valence-corrected chi connectivity index (χ0v) is 16.4. The highest BCUT2D eigenvalue weighted by molar-refractivity contribution is 8.03. The summed E-state index contributed by atoms with van der Waals surface area (Å²) < 4.78 is 4.98. The summed E-state index contributed by atoms with van der Waals surface area (Å²) in [5.74, 6) is -0.000184. The molecule has 5 atom stereocenters. The number of β-lactam (4-membered cyclic amide) rings is 1. The van der Waals surface area contributed by atoms with Crippen molar-refractivity contribution in [3.63, 3.8) is 0 Å². The van der Waals surface area contributed by atoms with Gasteiger partial charge >= 0.3 is 5.97 Å². The van der Waals surface area contributed by atoms with Crippen LogP contribution in [0.5, 0.6) is 0 Å². The number of esters is 1. The van der Waals surface area contributed by atoms with E-state index in [0.29, 0.717) is 10.9 Å². The number of nitrogens with zero attached hydrogens (tertiary/aromatic N) is 2. The lowest BCUT2D eigenvalue weighted by atomic mass is 9.75. The van der Waals surface area contributed by atoms with Gasteiger partial charge in [-0.1, -0.05) is 20.8 Å². The van der Waals surface area contributed by atoms with Gasteiger partial charge in [-0.15, -0.1) is 11.8 Å². The van der Waals surface area contributed by atoms with E-state index in [1.54, 1.807) is 16.7 Å². The number of fused-ring (bicyclic) bond motifs is 1. The zero-order chi connectivity index (χ0) is 18.5. The van der Waals surface area contributed by atoms with Crippen molar-refractivity contribution >= 4 is 23.6 Å². The molecular formula is C18H28N2O4S. The van der Waals surface area contributed by atoms with Gasteiger partial charge in [0.15, 0.2) is 0 Å². The van der Waals surface area contributed by atoms with Crippen LogP contribution in [0.2, 0.25) is 0 Å². The first-order valence-electron chi connectivity index (χ1n) is 8.95. The lowest BCUT2D eigenvalue weighted by Gasteiger charge is -2.47. The lowest BCUT2D eigenvalue weighted by molar-refractivity contribution is -0.160. The number of aliphatic hydroxyl groups is 1. The molecule has 1 N–H and O–H groups in total. The van der Waals surface area contributed by atoms with E-state index in [4.69, 9.17) is 4.74 Å². The van der Waals surface area contributed by atoms with Crippen LogP contribution in [0.25, 0.3) is 0 Å². The topological polar surface area (TPSA) is 70.1 Å². The lowest BCUT2D eigenvalue weighted by Crippen LogP contribution is -2.62. The number of hydrogen-bond acceptors (Lipinski definition) is 6. The van der Waals surface area contributed by atoms with E-state index in [-0.39, 0.29) is 42.4 Å². The number of carbonyl (C=O) groups is 2. The predicted molar refractivity (Wildman–Crippen MR) is 96.7 cm³/mol. The number of amides is 1. The van der Waals surface area contributed by atoms with Crippen molar-refractivity contribution in [3.8, 4) is 0 Å². The molecule has 140 valence electrons. The number of thioether (sulfide) groups is 1. The molecule has 1 amide bonds. The Labute approximate surface area is 153 Å². The van der Waals surface area contributed by atoms with Crippen LogP contribution in [0.4, 0.5) is 0 Å². The first kappa shape index (κ1) is 18.7. The van der Waals surface area contributed by atoms with E-state index in [2.05, 4.69) is 25.7 Å². The maximum atomic E-state index is 12.6. The number of aliphatic hydroxyl groups excluding tert-OH is 1. The molecule has 2 saturated heterocycles. The van der Waals surface area contributed by atoms with Gasteiger partial charge in [0.2, 0.25) is 5.91 Å². The predicted octanol–water partition coefficient (Wildman–Crippen LogP) is 1.30. The Bertz CT molecular complexity index is 606. The molecule has 25 heavy (non-hydrogen) atoms. The number of likely N-dealkylation sites (N-methyl/N-ethyl adjacent to an activating group) is 1. The maximum absolute atomic E-state index is 12.6. The van der Waals surface area contributed by atoms with E-state index >= 15 is 0 Å². The second-order valence-electron chi connectivity index (χ2n) is 7.71. The average Bonchev–Trinajstić information content (AvgIpc) is 3.03. The third-order valence-corrected chi connectivity index (χ3v) is 7.33. The highest BCUT2D eigenvalue weighted by Gasteiger charge is 2.59. The number of methoxy groups -OCH3 is 1. The van der Waals surface area contributed by atoms with Crippen molar-refractivity contribution in [1.29, 1.82) is 0 Å². The normalized spacial score (nSPS) is 35.4. The molecule has 0 spiro atoms. The summed E-state index contributed by atoms with van der Waals surface area (Å²) in [4.78, 5) is 29.8. The van der Waals surface area contributed by atoms with Crippen LogP contribution >= 0.6 is 11.8 Å². The van der Waals surface area contributed by atoms with Crippen molar-refractivity contribution in [2.45, 2.75) is 44.5 Å². The van der Waals surface area contributed by atoms with Crippen LogP contribution in [0.1, 0.15) is 27.2 Å². The molecule has 0 bridgehead atoms. The van der Waals surface area contributed by atoms with Crippen LogP contribution in [0.3, 0.4) is 0 Å². The quantitative estimate of drug-likeness (QED) is 0.583. The van der Waals surface area contributed by atoms with Gasteiger partial charge < -0.3 is 14.7 Å². The highest BCUT2D eigenvalue weighted by atomic mass is 32.2. The first-order valence-corrected chi connectivity index (χ1v) is 9.83. The number of carbonyl (C=O) groups excluding carboxylic acids is 2. The van der Waals surface area contributed by atoms with Gasteiger partial charge in [0.1, 0.15) is 5.70 Å². The van der Waals surface area contributed by atoms with Gasteiger partial charge in [-0.05, 0) is 19.4 Å². The molecule has 3 aliphatic rings. The van der Waals surface area contributed by atoms with Crippen molar-refractivity contribution in [2.24, 2.45) is 17.8 Å². The van der Waals surface area contributed by atoms with Crippen LogP contribution < -0.4 is 0 Å². The minimum absolute atomic E-state index is 0.0239. The van der Waals surface area contributed by atoms with E-state index in [9.17, 15) is 14.7 Å². The van der Waals surface area contributed by atoms with Crippen molar-refractivity contribution in [1.82, 2.24) is 9.80 Å². The van der Waals surface area contributed by atoms with Crippen LogP contribution in [0.15, 0.2) is 10.6 Å². The fourth-order valence-electron chi connectivity index (χ4n) is 4.46. The second-order valence-corrected chi connectivity index (χ2v) is 9.06. The summed E-state index contributed by atoms with van der Waals surface area (Å²) in [6.07, 6.45) is 0.883. The first-order chi connectivity index (χ1) is 11.8. The minimum Gasteiger partial charge on any atom is -0.464 e. The summed E-state index contributed by atoms with van der Waals surface area (Å²) >= 11 is 1.69. The largest absolute Gasteiger partial charge is 0.464 e. The molecule has 2 fully saturated rings. The third-order valence-electron chi connectivity index (χ3n) is 5.84.